The monoisotopic (exact) mass is 599 g/mol. The number of nitrogens with one attached hydrogen (secondary N) is 3. The highest BCUT2D eigenvalue weighted by Crippen LogP contribution is 2.29. The molecule has 11 nitrogen and oxygen atoms in total. The second kappa shape index (κ2) is 13.6. The number of para-hydroxylation sites is 1. The van der Waals surface area contributed by atoms with Gasteiger partial charge in [-0.2, -0.15) is 0 Å². The van der Waals surface area contributed by atoms with Crippen molar-refractivity contribution in [1.82, 2.24) is 30.8 Å². The first-order chi connectivity index (χ1) is 21.4. The number of alkyl carbamates (subject to hydrolysis) is 1. The van der Waals surface area contributed by atoms with Crippen LogP contribution >= 0.6 is 0 Å². The Hall–Kier alpha value is -4.25. The molecule has 3 aliphatic rings. The topological polar surface area (TPSA) is 129 Å². The Labute approximate surface area is 257 Å². The smallest absolute Gasteiger partial charge is 0.407 e. The van der Waals surface area contributed by atoms with Crippen LogP contribution < -0.4 is 20.9 Å². The summed E-state index contributed by atoms with van der Waals surface area (Å²) in [6.07, 6.45) is 5.14. The highest BCUT2D eigenvalue weighted by molar-refractivity contribution is 6.07. The van der Waals surface area contributed by atoms with Gasteiger partial charge < -0.3 is 30.5 Å². The molecule has 1 saturated carbocycles. The molecule has 1 aliphatic carbocycles. The minimum atomic E-state index is -0.466. The van der Waals surface area contributed by atoms with Gasteiger partial charge in [0.05, 0.1) is 29.7 Å². The third-order valence-electron chi connectivity index (χ3n) is 9.10. The summed E-state index contributed by atoms with van der Waals surface area (Å²) < 4.78 is 5.31. The van der Waals surface area contributed by atoms with Crippen LogP contribution in [-0.4, -0.2) is 91.7 Å². The van der Waals surface area contributed by atoms with Gasteiger partial charge in [-0.1, -0.05) is 18.2 Å². The lowest BCUT2D eigenvalue weighted by Crippen LogP contribution is -2.44. The van der Waals surface area contributed by atoms with Crippen molar-refractivity contribution in [3.63, 3.8) is 0 Å². The Morgan fingerprint density at radius 3 is 2.39 bits per heavy atom. The molecule has 0 unspecified atom stereocenters. The Morgan fingerprint density at radius 1 is 0.977 bits per heavy atom. The largest absolute Gasteiger partial charge is 0.444 e. The minimum absolute atomic E-state index is 0.0884. The number of nitrogens with zero attached hydrogens (tertiary/aromatic N) is 4. The molecule has 1 atom stereocenters. The summed E-state index contributed by atoms with van der Waals surface area (Å²) >= 11 is 0. The van der Waals surface area contributed by atoms with Crippen molar-refractivity contribution in [3.05, 3.63) is 54.2 Å². The predicted octanol–water partition coefficient (Wildman–Crippen LogP) is 3.20. The van der Waals surface area contributed by atoms with Crippen LogP contribution in [-0.2, 0) is 9.53 Å². The minimum Gasteiger partial charge on any atom is -0.444 e. The van der Waals surface area contributed by atoms with Gasteiger partial charge in [-0.25, -0.2) is 14.8 Å². The fraction of sp³-hybridized carbons (Fsp3) is 0.485. The molecule has 3 amide bonds. The lowest BCUT2D eigenvalue weighted by molar-refractivity contribution is -0.119. The van der Waals surface area contributed by atoms with E-state index in [-0.39, 0.29) is 24.3 Å². The molecule has 0 spiro atoms. The summed E-state index contributed by atoms with van der Waals surface area (Å²) in [6, 6.07) is 13.7. The van der Waals surface area contributed by atoms with E-state index in [2.05, 4.69) is 32.8 Å². The number of hydrogen-bond donors (Lipinski definition) is 3. The zero-order valence-electron chi connectivity index (χ0n) is 25.3. The molecule has 3 fully saturated rings. The van der Waals surface area contributed by atoms with Crippen LogP contribution in [0.4, 0.5) is 10.6 Å². The number of ether oxygens (including phenoxy) is 1. The first-order valence-electron chi connectivity index (χ1n) is 15.7. The molecule has 2 aliphatic heterocycles. The number of amides is 3. The molecule has 6 rings (SSSR count). The molecule has 11 heteroatoms. The van der Waals surface area contributed by atoms with Gasteiger partial charge in [0.25, 0.3) is 5.91 Å². The zero-order chi connectivity index (χ0) is 30.5. The number of pyridine rings is 2. The average molecular weight is 600 g/mol. The van der Waals surface area contributed by atoms with E-state index in [0.29, 0.717) is 37.0 Å². The fourth-order valence-electron chi connectivity index (χ4n) is 6.33. The number of carbonyl (C=O) groups excluding carboxylic acids is 3. The first kappa shape index (κ1) is 29.8. The van der Waals surface area contributed by atoms with E-state index in [1.807, 2.05) is 48.7 Å². The van der Waals surface area contributed by atoms with Crippen molar-refractivity contribution in [3.8, 4) is 11.3 Å². The second-order valence-corrected chi connectivity index (χ2v) is 12.3. The fourth-order valence-corrected chi connectivity index (χ4v) is 6.33. The van der Waals surface area contributed by atoms with Crippen molar-refractivity contribution >= 4 is 34.6 Å². The lowest BCUT2D eigenvalue weighted by atomic mass is 9.82. The normalized spacial score (nSPS) is 22.4. The van der Waals surface area contributed by atoms with Gasteiger partial charge in [0.2, 0.25) is 5.91 Å². The van der Waals surface area contributed by atoms with Crippen LogP contribution in [0, 0.1) is 11.8 Å². The maximum Gasteiger partial charge on any atom is 0.407 e. The highest BCUT2D eigenvalue weighted by atomic mass is 16.6. The van der Waals surface area contributed by atoms with Crippen LogP contribution in [0.3, 0.4) is 0 Å². The van der Waals surface area contributed by atoms with Gasteiger partial charge >= 0.3 is 6.09 Å². The quantitative estimate of drug-likeness (QED) is 0.360. The number of piperazine rings is 1. The number of likely N-dealkylation sites (N-methyl/N-ethyl adjacent to an activating group) is 1. The molecular formula is C33H41N7O4. The number of carbonyl (C=O) groups is 3. The third-order valence-corrected chi connectivity index (χ3v) is 9.10. The summed E-state index contributed by atoms with van der Waals surface area (Å²) in [5, 5.41) is 9.54. The van der Waals surface area contributed by atoms with Gasteiger partial charge in [0.1, 0.15) is 11.9 Å². The molecule has 2 saturated heterocycles. The number of benzene rings is 1. The number of rotatable bonds is 8. The molecule has 44 heavy (non-hydrogen) atoms. The SMILES string of the molecule is CN1CCN(c2ccc(-c3cc(C(=O)NCC4CCC(CNC(=O)O[C@@H]5CNC(=O)C5)CC4)c4ccccc4n3)cn2)CC1. The number of anilines is 1. The van der Waals surface area contributed by atoms with Gasteiger partial charge in [0, 0.05) is 56.4 Å². The van der Waals surface area contributed by atoms with Crippen LogP contribution in [0.5, 0.6) is 0 Å². The lowest BCUT2D eigenvalue weighted by Gasteiger charge is -2.33. The van der Waals surface area contributed by atoms with E-state index in [1.165, 1.54) is 0 Å². The van der Waals surface area contributed by atoms with Crippen LogP contribution in [0.25, 0.3) is 22.2 Å². The first-order valence-corrected chi connectivity index (χ1v) is 15.7. The molecule has 3 N–H and O–H groups in total. The van der Waals surface area contributed by atoms with Crippen molar-refractivity contribution in [1.29, 1.82) is 0 Å². The Bertz CT molecular complexity index is 1480. The molecule has 3 aromatic rings. The zero-order valence-corrected chi connectivity index (χ0v) is 25.3. The standard InChI is InChI=1S/C33H41N7O4/c1-39-12-14-40(15-13-39)30-11-10-24(20-34-30)29-17-27(26-4-2-3-5-28(26)38-29)32(42)36-18-22-6-8-23(9-7-22)19-37-33(43)44-25-16-31(41)35-21-25/h2-5,10-11,17,20,22-23,25H,6-9,12-16,18-19,21H2,1H3,(H,35,41)(H,36,42)(H,37,43)/t22?,23?,25-/m0/s1. The van der Waals surface area contributed by atoms with Crippen LogP contribution in [0.1, 0.15) is 42.5 Å². The Morgan fingerprint density at radius 2 is 1.70 bits per heavy atom. The third kappa shape index (κ3) is 7.27. The Balaban J connectivity index is 1.03. The van der Waals surface area contributed by atoms with E-state index in [0.717, 1.165) is 79.8 Å². The predicted molar refractivity (Wildman–Crippen MR) is 168 cm³/mol. The molecule has 2 aromatic heterocycles. The molecular weight excluding hydrogens is 558 g/mol. The molecule has 4 heterocycles. The van der Waals surface area contributed by atoms with Crippen molar-refractivity contribution in [2.75, 3.05) is 57.8 Å². The van der Waals surface area contributed by atoms with E-state index in [1.54, 1.807) is 0 Å². The van der Waals surface area contributed by atoms with Gasteiger partial charge in [-0.15, -0.1) is 0 Å². The summed E-state index contributed by atoms with van der Waals surface area (Å²) in [5.41, 5.74) is 3.01. The van der Waals surface area contributed by atoms with E-state index in [9.17, 15) is 14.4 Å². The number of fused-ring (bicyclic) bond motifs is 1. The van der Waals surface area contributed by atoms with Crippen molar-refractivity contribution in [2.24, 2.45) is 11.8 Å². The molecule has 232 valence electrons. The van der Waals surface area contributed by atoms with Crippen LogP contribution in [0.2, 0.25) is 0 Å². The second-order valence-electron chi connectivity index (χ2n) is 12.3. The van der Waals surface area contributed by atoms with Gasteiger partial charge in [-0.05, 0) is 68.8 Å². The summed E-state index contributed by atoms with van der Waals surface area (Å²) in [4.78, 5) is 51.1. The van der Waals surface area contributed by atoms with E-state index in [4.69, 9.17) is 14.7 Å². The average Bonchev–Trinajstić information content (AvgIpc) is 3.47. The maximum absolute atomic E-state index is 13.5. The van der Waals surface area contributed by atoms with Crippen LogP contribution in [0.15, 0.2) is 48.7 Å². The molecule has 1 aromatic carbocycles. The number of hydrogen-bond acceptors (Lipinski definition) is 8. The van der Waals surface area contributed by atoms with Crippen molar-refractivity contribution in [2.45, 2.75) is 38.2 Å². The number of aromatic nitrogens is 2. The highest BCUT2D eigenvalue weighted by Gasteiger charge is 2.26. The molecule has 0 radical (unpaired) electrons. The summed E-state index contributed by atoms with van der Waals surface area (Å²) in [5.74, 6) is 1.54. The van der Waals surface area contributed by atoms with E-state index >= 15 is 0 Å². The molecule has 0 bridgehead atoms. The Kier molecular flexibility index (Phi) is 9.20. The van der Waals surface area contributed by atoms with Crippen molar-refractivity contribution < 1.29 is 19.1 Å². The van der Waals surface area contributed by atoms with E-state index < -0.39 is 6.09 Å². The summed E-state index contributed by atoms with van der Waals surface area (Å²) in [6.45, 7) is 5.49. The van der Waals surface area contributed by atoms with Gasteiger partial charge in [-0.3, -0.25) is 9.59 Å². The maximum atomic E-state index is 13.5. The summed E-state index contributed by atoms with van der Waals surface area (Å²) in [7, 11) is 2.14. The van der Waals surface area contributed by atoms with Gasteiger partial charge in [0.15, 0.2) is 0 Å².